The van der Waals surface area contributed by atoms with Crippen LogP contribution in [0.1, 0.15) is 21.5 Å². The second-order valence-electron chi connectivity index (χ2n) is 9.58. The number of hydrogen-bond donors (Lipinski definition) is 2. The highest BCUT2D eigenvalue weighted by molar-refractivity contribution is 6.37. The molecule has 10 heteroatoms. The van der Waals surface area contributed by atoms with E-state index in [4.69, 9.17) is 4.74 Å². The molecule has 4 aromatic rings. The van der Waals surface area contributed by atoms with Gasteiger partial charge in [-0.25, -0.2) is 4.79 Å². The number of anilines is 3. The third-order valence-electron chi connectivity index (χ3n) is 6.54. The summed E-state index contributed by atoms with van der Waals surface area (Å²) in [6.07, 6.45) is 3.24. The van der Waals surface area contributed by atoms with Crippen LogP contribution in [0.25, 0.3) is 22.3 Å². The Kier molecular flexibility index (Phi) is 7.26. The number of nitrogens with one attached hydrogen (secondary N) is 2. The molecule has 0 saturated heterocycles. The highest BCUT2D eigenvalue weighted by atomic mass is 16.5. The van der Waals surface area contributed by atoms with Gasteiger partial charge in [-0.2, -0.15) is 0 Å². The predicted molar refractivity (Wildman–Crippen MR) is 155 cm³/mol. The number of esters is 1. The van der Waals surface area contributed by atoms with E-state index >= 15 is 0 Å². The Morgan fingerprint density at radius 2 is 1.60 bits per heavy atom. The molecular formula is C30H28N6O4. The molecule has 2 heterocycles. The Morgan fingerprint density at radius 1 is 0.900 bits per heavy atom. The number of ether oxygens (including phenoxy) is 1. The second-order valence-corrected chi connectivity index (χ2v) is 9.58. The number of benzene rings is 3. The minimum atomic E-state index is -0.491. The molecule has 1 aromatic heterocycles. The van der Waals surface area contributed by atoms with Gasteiger partial charge in [0.15, 0.2) is 0 Å². The van der Waals surface area contributed by atoms with Crippen LogP contribution in [0.4, 0.5) is 17.1 Å². The van der Waals surface area contributed by atoms with E-state index in [2.05, 4.69) is 20.6 Å². The van der Waals surface area contributed by atoms with Crippen molar-refractivity contribution in [2.75, 3.05) is 50.3 Å². The minimum Gasteiger partial charge on any atom is -0.465 e. The quantitative estimate of drug-likeness (QED) is 0.270. The molecule has 0 spiro atoms. The molecule has 10 nitrogen and oxygen atoms in total. The van der Waals surface area contributed by atoms with Gasteiger partial charge in [0, 0.05) is 41.9 Å². The van der Waals surface area contributed by atoms with E-state index in [-0.39, 0.29) is 11.8 Å². The maximum atomic E-state index is 13.4. The van der Waals surface area contributed by atoms with Crippen molar-refractivity contribution in [1.29, 1.82) is 0 Å². The highest BCUT2D eigenvalue weighted by Crippen LogP contribution is 2.38. The highest BCUT2D eigenvalue weighted by Gasteiger charge is 2.29. The number of likely N-dealkylation sites (N-methyl/N-ethyl adjacent to an activating group) is 2. The average molecular weight is 537 g/mol. The zero-order valence-corrected chi connectivity index (χ0v) is 22.6. The zero-order chi connectivity index (χ0) is 28.4. The first-order valence-electron chi connectivity index (χ1n) is 12.5. The minimum absolute atomic E-state index is 0.0312. The maximum Gasteiger partial charge on any atom is 0.337 e. The molecule has 202 valence electrons. The van der Waals surface area contributed by atoms with Crippen molar-refractivity contribution in [3.05, 3.63) is 89.7 Å². The predicted octanol–water partition coefficient (Wildman–Crippen LogP) is 3.87. The first-order valence-corrected chi connectivity index (χ1v) is 12.5. The summed E-state index contributed by atoms with van der Waals surface area (Å²) >= 11 is 0. The standard InChI is InChI=1S/C30H28N6O4/c1-35(2)17-26(37)36(3)21-9-7-20(8-10-21)33-28(18-6-12-23-25(15-18)32-14-13-31-23)27-22-11-5-19(30(39)40-4)16-24(22)34-29(27)38/h5-16,33H,17H2,1-4H3,(H,34,38)/b28-27-. The van der Waals surface area contributed by atoms with Crippen molar-refractivity contribution < 1.29 is 19.1 Å². The number of amides is 2. The molecule has 0 atom stereocenters. The van der Waals surface area contributed by atoms with Crippen LogP contribution in [-0.4, -0.2) is 67.4 Å². The van der Waals surface area contributed by atoms with Crippen molar-refractivity contribution in [2.24, 2.45) is 0 Å². The van der Waals surface area contributed by atoms with Crippen molar-refractivity contribution in [3.8, 4) is 0 Å². The van der Waals surface area contributed by atoms with Crippen LogP contribution in [0.3, 0.4) is 0 Å². The average Bonchev–Trinajstić information content (AvgIpc) is 3.29. The molecule has 40 heavy (non-hydrogen) atoms. The Bertz CT molecular complexity index is 1660. The molecule has 2 amide bonds. The summed E-state index contributed by atoms with van der Waals surface area (Å²) in [5.41, 5.74) is 6.05. The van der Waals surface area contributed by atoms with Gasteiger partial charge >= 0.3 is 5.97 Å². The van der Waals surface area contributed by atoms with Crippen LogP contribution in [0.15, 0.2) is 73.1 Å². The van der Waals surface area contributed by atoms with Gasteiger partial charge in [-0.3, -0.25) is 19.6 Å². The molecular weight excluding hydrogens is 508 g/mol. The van der Waals surface area contributed by atoms with Gasteiger partial charge in [-0.15, -0.1) is 0 Å². The van der Waals surface area contributed by atoms with Crippen molar-refractivity contribution in [1.82, 2.24) is 14.9 Å². The summed E-state index contributed by atoms with van der Waals surface area (Å²) in [4.78, 5) is 50.1. The number of fused-ring (bicyclic) bond motifs is 2. The van der Waals surface area contributed by atoms with Crippen LogP contribution in [0, 0.1) is 0 Å². The Morgan fingerprint density at radius 3 is 2.30 bits per heavy atom. The van der Waals surface area contributed by atoms with Crippen LogP contribution in [0.5, 0.6) is 0 Å². The van der Waals surface area contributed by atoms with Crippen LogP contribution in [0.2, 0.25) is 0 Å². The second kappa shape index (κ2) is 11.0. The van der Waals surface area contributed by atoms with Crippen LogP contribution < -0.4 is 15.5 Å². The maximum absolute atomic E-state index is 13.4. The monoisotopic (exact) mass is 536 g/mol. The Labute approximate surface area is 231 Å². The van der Waals surface area contributed by atoms with E-state index in [1.165, 1.54) is 7.11 Å². The number of aromatic nitrogens is 2. The van der Waals surface area contributed by atoms with Crippen molar-refractivity contribution in [2.45, 2.75) is 0 Å². The lowest BCUT2D eigenvalue weighted by molar-refractivity contribution is -0.119. The molecule has 1 aliphatic heterocycles. The van der Waals surface area contributed by atoms with Gasteiger partial charge in [-0.05, 0) is 62.6 Å². The molecule has 0 radical (unpaired) electrons. The third-order valence-corrected chi connectivity index (χ3v) is 6.54. The first kappa shape index (κ1) is 26.5. The van der Waals surface area contributed by atoms with E-state index in [1.54, 1.807) is 42.5 Å². The smallest absolute Gasteiger partial charge is 0.337 e. The third kappa shape index (κ3) is 5.25. The topological polar surface area (TPSA) is 117 Å². The molecule has 2 N–H and O–H groups in total. The van der Waals surface area contributed by atoms with Gasteiger partial charge in [0.05, 0.1) is 47.2 Å². The molecule has 5 rings (SSSR count). The summed E-state index contributed by atoms with van der Waals surface area (Å²) in [6, 6.07) is 17.9. The van der Waals surface area contributed by atoms with Crippen LogP contribution >= 0.6 is 0 Å². The van der Waals surface area contributed by atoms with Gasteiger partial charge in [0.1, 0.15) is 0 Å². The molecule has 0 fully saturated rings. The van der Waals surface area contributed by atoms with Gasteiger partial charge in [0.2, 0.25) is 5.91 Å². The number of methoxy groups -OCH3 is 1. The van der Waals surface area contributed by atoms with Gasteiger partial charge in [0.25, 0.3) is 5.91 Å². The summed E-state index contributed by atoms with van der Waals surface area (Å²) in [6.45, 7) is 0.295. The fraction of sp³-hybridized carbons (Fsp3) is 0.167. The first-order chi connectivity index (χ1) is 19.2. The van der Waals surface area contributed by atoms with E-state index < -0.39 is 5.97 Å². The number of rotatable bonds is 7. The summed E-state index contributed by atoms with van der Waals surface area (Å²) in [5, 5.41) is 6.29. The molecule has 0 saturated carbocycles. The van der Waals surface area contributed by atoms with Crippen molar-refractivity contribution >= 4 is 57.1 Å². The summed E-state index contributed by atoms with van der Waals surface area (Å²) < 4.78 is 4.83. The Hall–Kier alpha value is -5.09. The lowest BCUT2D eigenvalue weighted by Gasteiger charge is -2.20. The van der Waals surface area contributed by atoms with E-state index in [1.807, 2.05) is 61.5 Å². The van der Waals surface area contributed by atoms with Gasteiger partial charge in [-0.1, -0.05) is 12.1 Å². The number of nitrogens with zero attached hydrogens (tertiary/aromatic N) is 4. The summed E-state index contributed by atoms with van der Waals surface area (Å²) in [5.74, 6) is -0.837. The molecule has 1 aliphatic rings. The number of carbonyl (C=O) groups excluding carboxylic acids is 3. The zero-order valence-electron chi connectivity index (χ0n) is 22.6. The van der Waals surface area contributed by atoms with Gasteiger partial charge < -0.3 is 25.2 Å². The molecule has 0 bridgehead atoms. The normalized spacial score (nSPS) is 13.6. The lowest BCUT2D eigenvalue weighted by Crippen LogP contribution is -2.34. The Balaban J connectivity index is 1.58. The fourth-order valence-electron chi connectivity index (χ4n) is 4.50. The number of carbonyl (C=O) groups is 3. The molecule has 0 aliphatic carbocycles. The largest absolute Gasteiger partial charge is 0.465 e. The fourth-order valence-corrected chi connectivity index (χ4v) is 4.50. The summed E-state index contributed by atoms with van der Waals surface area (Å²) in [7, 11) is 6.74. The molecule has 3 aromatic carbocycles. The molecule has 0 unspecified atom stereocenters. The van der Waals surface area contributed by atoms with E-state index in [9.17, 15) is 14.4 Å². The van der Waals surface area contributed by atoms with E-state index in [0.717, 1.165) is 16.8 Å². The SMILES string of the molecule is COC(=O)c1ccc2c(c1)NC(=O)/C2=C(\Nc1ccc(N(C)C(=O)CN(C)C)cc1)c1ccc2nccnc2c1. The number of hydrogen-bond acceptors (Lipinski definition) is 8. The van der Waals surface area contributed by atoms with E-state index in [0.29, 0.717) is 45.8 Å². The van der Waals surface area contributed by atoms with Crippen LogP contribution in [-0.2, 0) is 14.3 Å². The lowest BCUT2D eigenvalue weighted by atomic mass is 9.98. The van der Waals surface area contributed by atoms with Crippen molar-refractivity contribution in [3.63, 3.8) is 0 Å².